The van der Waals surface area contributed by atoms with E-state index in [1.807, 2.05) is 12.1 Å². The van der Waals surface area contributed by atoms with Gasteiger partial charge < -0.3 is 26.5 Å². The molecule has 0 spiro atoms. The van der Waals surface area contributed by atoms with Gasteiger partial charge in [-0.2, -0.15) is 4.98 Å². The van der Waals surface area contributed by atoms with Crippen molar-refractivity contribution in [2.75, 3.05) is 23.7 Å². The SMILES string of the molecule is Nc1nc(N2CCC(C(N)N)C2)c2oc3ccc(Cl)cc3c2n1. The van der Waals surface area contributed by atoms with Crippen LogP contribution in [0.5, 0.6) is 0 Å². The Balaban J connectivity index is 1.88. The van der Waals surface area contributed by atoms with Crippen molar-refractivity contribution in [3.63, 3.8) is 0 Å². The minimum absolute atomic E-state index is 0.204. The minimum Gasteiger partial charge on any atom is -0.450 e. The number of nitrogens with zero attached hydrogens (tertiary/aromatic N) is 3. The lowest BCUT2D eigenvalue weighted by Crippen LogP contribution is -2.40. The highest BCUT2D eigenvalue weighted by atomic mass is 35.5. The largest absolute Gasteiger partial charge is 0.450 e. The maximum Gasteiger partial charge on any atom is 0.222 e. The summed E-state index contributed by atoms with van der Waals surface area (Å²) in [5.74, 6) is 1.11. The van der Waals surface area contributed by atoms with Crippen LogP contribution in [-0.2, 0) is 0 Å². The number of aromatic nitrogens is 2. The summed E-state index contributed by atoms with van der Waals surface area (Å²) in [5, 5.41) is 1.45. The smallest absolute Gasteiger partial charge is 0.222 e. The molecule has 1 saturated heterocycles. The van der Waals surface area contributed by atoms with Crippen molar-refractivity contribution in [2.45, 2.75) is 12.6 Å². The average molecular weight is 333 g/mol. The number of furan rings is 1. The predicted molar refractivity (Wildman–Crippen MR) is 91.2 cm³/mol. The van der Waals surface area contributed by atoms with E-state index in [2.05, 4.69) is 14.9 Å². The highest BCUT2D eigenvalue weighted by Gasteiger charge is 2.29. The molecule has 3 heterocycles. The van der Waals surface area contributed by atoms with Gasteiger partial charge in [-0.25, -0.2) is 4.98 Å². The second-order valence-corrected chi connectivity index (χ2v) is 6.33. The standard InChI is InChI=1S/C15H17ClN6O/c16-8-1-2-10-9(5-8)11-12(23-10)14(21-15(19)20-11)22-4-3-7(6-22)13(17)18/h1-2,5,7,13H,3-4,6,17-18H2,(H2,19,20,21). The molecule has 0 amide bonds. The molecule has 1 aromatic carbocycles. The number of halogens is 1. The van der Waals surface area contributed by atoms with Gasteiger partial charge in [-0.1, -0.05) is 11.6 Å². The molecule has 1 fully saturated rings. The maximum absolute atomic E-state index is 6.08. The Morgan fingerprint density at radius 3 is 2.87 bits per heavy atom. The molecule has 2 aromatic heterocycles. The van der Waals surface area contributed by atoms with E-state index < -0.39 is 0 Å². The Morgan fingerprint density at radius 2 is 2.13 bits per heavy atom. The van der Waals surface area contributed by atoms with Gasteiger partial charge in [0.15, 0.2) is 11.4 Å². The molecule has 4 rings (SSSR count). The highest BCUT2D eigenvalue weighted by Crippen LogP contribution is 2.36. The van der Waals surface area contributed by atoms with E-state index in [9.17, 15) is 0 Å². The third-order valence-corrected chi connectivity index (χ3v) is 4.58. The van der Waals surface area contributed by atoms with E-state index in [1.165, 1.54) is 0 Å². The van der Waals surface area contributed by atoms with Gasteiger partial charge in [-0.3, -0.25) is 0 Å². The van der Waals surface area contributed by atoms with Crippen molar-refractivity contribution in [1.82, 2.24) is 9.97 Å². The molecule has 0 aliphatic carbocycles. The van der Waals surface area contributed by atoms with Gasteiger partial charge in [-0.05, 0) is 24.6 Å². The Kier molecular flexibility index (Phi) is 3.29. The van der Waals surface area contributed by atoms with Gasteiger partial charge in [0, 0.05) is 29.4 Å². The lowest BCUT2D eigenvalue weighted by molar-refractivity contribution is 0.470. The summed E-state index contributed by atoms with van der Waals surface area (Å²) in [6.45, 7) is 1.53. The predicted octanol–water partition coefficient (Wildman–Crippen LogP) is 1.68. The molecular weight excluding hydrogens is 316 g/mol. The average Bonchev–Trinajstić information content (AvgIpc) is 3.11. The Bertz CT molecular complexity index is 892. The summed E-state index contributed by atoms with van der Waals surface area (Å²) in [6, 6.07) is 5.42. The summed E-state index contributed by atoms with van der Waals surface area (Å²) >= 11 is 6.08. The number of nitrogens with two attached hydrogens (primary N) is 3. The van der Waals surface area contributed by atoms with Crippen LogP contribution in [0.4, 0.5) is 11.8 Å². The molecule has 1 aliphatic heterocycles. The monoisotopic (exact) mass is 332 g/mol. The van der Waals surface area contributed by atoms with Crippen LogP contribution in [0.15, 0.2) is 22.6 Å². The van der Waals surface area contributed by atoms with Crippen LogP contribution in [0.2, 0.25) is 5.02 Å². The Morgan fingerprint density at radius 1 is 1.30 bits per heavy atom. The number of hydrogen-bond acceptors (Lipinski definition) is 7. The fraction of sp³-hybridized carbons (Fsp3) is 0.333. The molecule has 0 radical (unpaired) electrons. The molecule has 1 aliphatic rings. The highest BCUT2D eigenvalue weighted by molar-refractivity contribution is 6.31. The van der Waals surface area contributed by atoms with Crippen molar-refractivity contribution < 1.29 is 4.42 Å². The number of benzene rings is 1. The van der Waals surface area contributed by atoms with Gasteiger partial charge in [0.05, 0.1) is 6.17 Å². The Labute approximate surface area is 137 Å². The van der Waals surface area contributed by atoms with E-state index >= 15 is 0 Å². The molecular formula is C15H17ClN6O. The third kappa shape index (κ3) is 2.37. The Hall–Kier alpha value is -2.09. The van der Waals surface area contributed by atoms with Crippen LogP contribution in [-0.4, -0.2) is 29.2 Å². The zero-order valence-corrected chi connectivity index (χ0v) is 13.1. The molecule has 6 N–H and O–H groups in total. The van der Waals surface area contributed by atoms with Gasteiger partial charge in [0.1, 0.15) is 11.1 Å². The quantitative estimate of drug-likeness (QED) is 0.610. The van der Waals surface area contributed by atoms with Crippen LogP contribution in [0.25, 0.3) is 22.1 Å². The molecule has 0 bridgehead atoms. The summed E-state index contributed by atoms with van der Waals surface area (Å²) < 4.78 is 5.96. The lowest BCUT2D eigenvalue weighted by Gasteiger charge is -2.19. The molecule has 23 heavy (non-hydrogen) atoms. The van der Waals surface area contributed by atoms with Crippen molar-refractivity contribution in [1.29, 1.82) is 0 Å². The van der Waals surface area contributed by atoms with Crippen LogP contribution in [0.3, 0.4) is 0 Å². The molecule has 8 heteroatoms. The first kappa shape index (κ1) is 14.5. The van der Waals surface area contributed by atoms with Gasteiger partial charge in [-0.15, -0.1) is 0 Å². The zero-order chi connectivity index (χ0) is 16.1. The number of rotatable bonds is 2. The van der Waals surface area contributed by atoms with E-state index in [1.54, 1.807) is 6.07 Å². The van der Waals surface area contributed by atoms with Crippen LogP contribution >= 0.6 is 11.6 Å². The topological polar surface area (TPSA) is 120 Å². The molecule has 3 aromatic rings. The number of nitrogen functional groups attached to an aromatic ring is 1. The molecule has 1 atom stereocenters. The number of fused-ring (bicyclic) bond motifs is 3. The number of anilines is 2. The first-order valence-corrected chi connectivity index (χ1v) is 7.82. The molecule has 0 saturated carbocycles. The number of hydrogen-bond donors (Lipinski definition) is 3. The summed E-state index contributed by atoms with van der Waals surface area (Å²) in [6.07, 6.45) is 0.568. The van der Waals surface area contributed by atoms with Gasteiger partial charge >= 0.3 is 0 Å². The van der Waals surface area contributed by atoms with Gasteiger partial charge in [0.25, 0.3) is 0 Å². The second-order valence-electron chi connectivity index (χ2n) is 5.90. The first-order chi connectivity index (χ1) is 11.0. The van der Waals surface area contributed by atoms with Crippen LogP contribution in [0, 0.1) is 5.92 Å². The van der Waals surface area contributed by atoms with Crippen molar-refractivity contribution >= 4 is 45.4 Å². The minimum atomic E-state index is -0.343. The fourth-order valence-electron chi connectivity index (χ4n) is 3.13. The van der Waals surface area contributed by atoms with Crippen molar-refractivity contribution in [3.05, 3.63) is 23.2 Å². The fourth-order valence-corrected chi connectivity index (χ4v) is 3.30. The molecule has 1 unspecified atom stereocenters. The maximum atomic E-state index is 6.08. The zero-order valence-electron chi connectivity index (χ0n) is 12.4. The van der Waals surface area contributed by atoms with Gasteiger partial charge in [0.2, 0.25) is 5.95 Å². The van der Waals surface area contributed by atoms with Crippen molar-refractivity contribution in [2.24, 2.45) is 17.4 Å². The molecule has 120 valence electrons. The van der Waals surface area contributed by atoms with E-state index in [-0.39, 0.29) is 18.0 Å². The summed E-state index contributed by atoms with van der Waals surface area (Å²) in [5.41, 5.74) is 19.5. The van der Waals surface area contributed by atoms with Crippen LogP contribution in [0.1, 0.15) is 6.42 Å². The third-order valence-electron chi connectivity index (χ3n) is 4.34. The second kappa shape index (κ2) is 5.23. The van der Waals surface area contributed by atoms with E-state index in [4.69, 9.17) is 33.2 Å². The van der Waals surface area contributed by atoms with Crippen LogP contribution < -0.4 is 22.1 Å². The first-order valence-electron chi connectivity index (χ1n) is 7.44. The summed E-state index contributed by atoms with van der Waals surface area (Å²) in [4.78, 5) is 10.8. The van der Waals surface area contributed by atoms with E-state index in [0.717, 1.165) is 24.9 Å². The lowest BCUT2D eigenvalue weighted by atomic mass is 10.1. The summed E-state index contributed by atoms with van der Waals surface area (Å²) in [7, 11) is 0. The van der Waals surface area contributed by atoms with Crippen molar-refractivity contribution in [3.8, 4) is 0 Å². The molecule has 7 nitrogen and oxygen atoms in total. The van der Waals surface area contributed by atoms with E-state index in [0.29, 0.717) is 27.5 Å². The normalized spacial score (nSPS) is 18.6.